The molecule has 9 heteroatoms. The van der Waals surface area contributed by atoms with Crippen LogP contribution in [-0.4, -0.2) is 34.8 Å². The largest absolute Gasteiger partial charge is 0.479 e. The molecule has 0 radical (unpaired) electrons. The summed E-state index contributed by atoms with van der Waals surface area (Å²) in [5.41, 5.74) is 0.349. The van der Waals surface area contributed by atoms with Gasteiger partial charge in [-0.3, -0.25) is 4.57 Å². The maximum absolute atomic E-state index is 12.1. The molecule has 0 unspecified atom stereocenters. The van der Waals surface area contributed by atoms with Crippen LogP contribution < -0.4 is 0 Å². The molecule has 0 aliphatic carbocycles. The molecule has 0 amide bonds. The Hall–Kier alpha value is 1.09. The maximum atomic E-state index is 12.1. The number of thiocarbonyl (C=S) groups is 1. The predicted molar refractivity (Wildman–Crippen MR) is 87.6 cm³/mol. The van der Waals surface area contributed by atoms with Crippen molar-refractivity contribution in [3.8, 4) is 0 Å². The highest BCUT2D eigenvalue weighted by Crippen LogP contribution is 2.53. The summed E-state index contributed by atoms with van der Waals surface area (Å²) in [5, 5.41) is 0.752. The first-order valence-electron chi connectivity index (χ1n) is 5.50. The van der Waals surface area contributed by atoms with Crippen LogP contribution in [0.3, 0.4) is 0 Å². The van der Waals surface area contributed by atoms with Crippen LogP contribution in [0, 0.1) is 0 Å². The van der Waals surface area contributed by atoms with Gasteiger partial charge in [0, 0.05) is 0 Å². The van der Waals surface area contributed by atoms with E-state index in [0.717, 1.165) is 5.08 Å². The summed E-state index contributed by atoms with van der Waals surface area (Å²) < 4.78 is 28.1. The SMILES string of the molecule is CCOC(=S)SCSSCP(=O)(OCC)OCC. The monoisotopic (exact) mass is 350 g/mol. The van der Waals surface area contributed by atoms with Crippen LogP contribution in [0.4, 0.5) is 0 Å². The lowest BCUT2D eigenvalue weighted by Crippen LogP contribution is -1.97. The second kappa shape index (κ2) is 11.9. The van der Waals surface area contributed by atoms with Gasteiger partial charge in [-0.05, 0) is 33.0 Å². The van der Waals surface area contributed by atoms with Gasteiger partial charge in [0.15, 0.2) is 0 Å². The molecule has 0 bridgehead atoms. The molecule has 0 heterocycles. The van der Waals surface area contributed by atoms with E-state index >= 15 is 0 Å². The van der Waals surface area contributed by atoms with Crippen molar-refractivity contribution in [2.45, 2.75) is 20.8 Å². The lowest BCUT2D eigenvalue weighted by molar-refractivity contribution is 0.224. The molecule has 108 valence electrons. The third-order valence-corrected chi connectivity index (χ3v) is 8.59. The summed E-state index contributed by atoms with van der Waals surface area (Å²) in [4.78, 5) is 0. The quantitative estimate of drug-likeness (QED) is 0.186. The average Bonchev–Trinajstić information content (AvgIpc) is 2.29. The molecular formula is C9H19O4PS4. The molecule has 0 aromatic rings. The van der Waals surface area contributed by atoms with E-state index in [-0.39, 0.29) is 0 Å². The van der Waals surface area contributed by atoms with Gasteiger partial charge in [0.2, 0.25) is 4.38 Å². The molecular weight excluding hydrogens is 331 g/mol. The predicted octanol–water partition coefficient (Wildman–Crippen LogP) is 4.60. The Balaban J connectivity index is 3.73. The molecule has 0 aliphatic rings. The van der Waals surface area contributed by atoms with Crippen molar-refractivity contribution in [3.05, 3.63) is 0 Å². The van der Waals surface area contributed by atoms with Crippen molar-refractivity contribution in [1.82, 2.24) is 0 Å². The first-order chi connectivity index (χ1) is 8.58. The fourth-order valence-corrected chi connectivity index (χ4v) is 7.62. The van der Waals surface area contributed by atoms with E-state index in [9.17, 15) is 4.57 Å². The molecule has 0 fully saturated rings. The highest BCUT2D eigenvalue weighted by Gasteiger charge is 2.23. The normalized spacial score (nSPS) is 11.5. The second-order valence-electron chi connectivity index (χ2n) is 2.76. The standard InChI is InChI=1S/C9H19O4PS4/c1-4-11-9(15)16-8-18-17-7-14(10,12-5-2)13-6-3/h4-8H2,1-3H3. The fourth-order valence-electron chi connectivity index (χ4n) is 0.873. The van der Waals surface area contributed by atoms with E-state index < -0.39 is 7.60 Å². The van der Waals surface area contributed by atoms with Gasteiger partial charge in [-0.15, -0.1) is 0 Å². The molecule has 0 aromatic heterocycles. The molecule has 0 aliphatic heterocycles. The number of rotatable bonds is 10. The minimum Gasteiger partial charge on any atom is -0.479 e. The zero-order valence-electron chi connectivity index (χ0n) is 10.7. The van der Waals surface area contributed by atoms with Crippen LogP contribution in [0.5, 0.6) is 0 Å². The molecule has 18 heavy (non-hydrogen) atoms. The zero-order chi connectivity index (χ0) is 13.9. The van der Waals surface area contributed by atoms with Crippen molar-refractivity contribution >= 4 is 57.5 Å². The summed E-state index contributed by atoms with van der Waals surface area (Å²) >= 11 is 6.43. The van der Waals surface area contributed by atoms with E-state index in [1.807, 2.05) is 6.92 Å². The molecule has 4 nitrogen and oxygen atoms in total. The molecule has 0 aromatic carbocycles. The number of thioether (sulfide) groups is 1. The molecule has 0 saturated heterocycles. The zero-order valence-corrected chi connectivity index (χ0v) is 14.9. The molecule has 0 rings (SSSR count). The van der Waals surface area contributed by atoms with Crippen LogP contribution in [-0.2, 0) is 18.3 Å². The molecule has 0 N–H and O–H groups in total. The Morgan fingerprint density at radius 1 is 1.11 bits per heavy atom. The third-order valence-electron chi connectivity index (χ3n) is 1.43. The van der Waals surface area contributed by atoms with Crippen molar-refractivity contribution < 1.29 is 18.3 Å². The summed E-state index contributed by atoms with van der Waals surface area (Å²) in [6.45, 7) is 6.89. The fraction of sp³-hybridized carbons (Fsp3) is 0.889. The minimum absolute atomic E-state index is 0.349. The topological polar surface area (TPSA) is 44.8 Å². The van der Waals surface area contributed by atoms with E-state index in [2.05, 4.69) is 0 Å². The van der Waals surface area contributed by atoms with E-state index in [1.165, 1.54) is 22.6 Å². The Labute approximate surface area is 127 Å². The van der Waals surface area contributed by atoms with Gasteiger partial charge in [-0.2, -0.15) is 0 Å². The van der Waals surface area contributed by atoms with Crippen LogP contribution in [0.1, 0.15) is 20.8 Å². The van der Waals surface area contributed by atoms with Crippen molar-refractivity contribution in [2.75, 3.05) is 30.4 Å². The van der Waals surface area contributed by atoms with Crippen LogP contribution >= 0.6 is 53.2 Å². The van der Waals surface area contributed by atoms with Gasteiger partial charge in [0.1, 0.15) is 5.49 Å². The Kier molecular flexibility index (Phi) is 12.6. The summed E-state index contributed by atoms with van der Waals surface area (Å²) in [5.74, 6) is 0. The van der Waals surface area contributed by atoms with E-state index in [0.29, 0.717) is 29.7 Å². The molecule has 0 saturated carbocycles. The van der Waals surface area contributed by atoms with Crippen LogP contribution in [0.2, 0.25) is 0 Å². The lowest BCUT2D eigenvalue weighted by atomic mass is 10.9. The highest BCUT2D eigenvalue weighted by molar-refractivity contribution is 8.79. The van der Waals surface area contributed by atoms with Gasteiger partial charge < -0.3 is 13.8 Å². The molecule has 0 atom stereocenters. The Morgan fingerprint density at radius 3 is 2.22 bits per heavy atom. The smallest absolute Gasteiger partial charge is 0.341 e. The first kappa shape index (κ1) is 19.1. The van der Waals surface area contributed by atoms with E-state index in [1.54, 1.807) is 24.6 Å². The summed E-state index contributed by atoms with van der Waals surface area (Å²) in [7, 11) is 0.106. The Bertz CT molecular complexity index is 267. The first-order valence-corrected chi connectivity index (χ1v) is 11.1. The van der Waals surface area contributed by atoms with Gasteiger partial charge in [-0.1, -0.05) is 33.3 Å². The highest BCUT2D eigenvalue weighted by atomic mass is 33.1. The maximum Gasteiger partial charge on any atom is 0.341 e. The summed E-state index contributed by atoms with van der Waals surface area (Å²) in [6.07, 6.45) is 0. The minimum atomic E-state index is -2.93. The van der Waals surface area contributed by atoms with Crippen LogP contribution in [0.25, 0.3) is 0 Å². The van der Waals surface area contributed by atoms with Crippen molar-refractivity contribution in [3.63, 3.8) is 0 Å². The number of hydrogen-bond donors (Lipinski definition) is 0. The van der Waals surface area contributed by atoms with Gasteiger partial charge in [-0.25, -0.2) is 0 Å². The van der Waals surface area contributed by atoms with Crippen LogP contribution in [0.15, 0.2) is 0 Å². The molecule has 0 spiro atoms. The number of ether oxygens (including phenoxy) is 1. The van der Waals surface area contributed by atoms with Crippen molar-refractivity contribution in [2.24, 2.45) is 0 Å². The Morgan fingerprint density at radius 2 is 1.72 bits per heavy atom. The summed E-state index contributed by atoms with van der Waals surface area (Å²) in [6, 6.07) is 0. The van der Waals surface area contributed by atoms with Gasteiger partial charge in [0.25, 0.3) is 0 Å². The van der Waals surface area contributed by atoms with Gasteiger partial charge in [0.05, 0.1) is 24.9 Å². The third kappa shape index (κ3) is 9.95. The average molecular weight is 350 g/mol. The van der Waals surface area contributed by atoms with Gasteiger partial charge >= 0.3 is 7.60 Å². The number of hydrogen-bond acceptors (Lipinski definition) is 8. The van der Waals surface area contributed by atoms with E-state index in [4.69, 9.17) is 26.0 Å². The van der Waals surface area contributed by atoms with Crippen molar-refractivity contribution in [1.29, 1.82) is 0 Å². The second-order valence-corrected chi connectivity index (χ2v) is 9.64. The lowest BCUT2D eigenvalue weighted by Gasteiger charge is -2.15.